The molecule has 0 spiro atoms. The Bertz CT molecular complexity index is 371. The third-order valence-electron chi connectivity index (χ3n) is 2.21. The molecule has 0 saturated carbocycles. The molecule has 4 nitrogen and oxygen atoms in total. The number of hydrogen-bond donors (Lipinski definition) is 3. The van der Waals surface area contributed by atoms with Crippen LogP contribution in [0.2, 0.25) is 0 Å². The van der Waals surface area contributed by atoms with Gasteiger partial charge in [-0.1, -0.05) is 12.1 Å². The average molecular weight is 224 g/mol. The van der Waals surface area contributed by atoms with Gasteiger partial charge in [-0.2, -0.15) is 0 Å². The molecule has 0 aliphatic carbocycles. The normalized spacial score (nSPS) is 11.6. The first-order chi connectivity index (χ1) is 7.71. The van der Waals surface area contributed by atoms with E-state index >= 15 is 0 Å². The maximum absolute atomic E-state index is 9.39. The van der Waals surface area contributed by atoms with Crippen LogP contribution >= 0.6 is 0 Å². The standard InChI is InChI=1S/C12H16O4/c1-16-12-7-9(2-3-11(12)15)6-10(8-14)4-5-13/h2-3,6-7,13-15H,4-5,8H2,1H3/b10-6+. The molecule has 1 aromatic rings. The van der Waals surface area contributed by atoms with Crippen molar-refractivity contribution in [2.24, 2.45) is 0 Å². The summed E-state index contributed by atoms with van der Waals surface area (Å²) in [5.41, 5.74) is 1.54. The number of aliphatic hydroxyl groups is 2. The van der Waals surface area contributed by atoms with Crippen molar-refractivity contribution in [1.29, 1.82) is 0 Å². The van der Waals surface area contributed by atoms with Crippen molar-refractivity contribution in [1.82, 2.24) is 0 Å². The van der Waals surface area contributed by atoms with E-state index in [1.807, 2.05) is 0 Å². The molecular formula is C12H16O4. The summed E-state index contributed by atoms with van der Waals surface area (Å²) in [6.07, 6.45) is 2.19. The van der Waals surface area contributed by atoms with Crippen LogP contribution in [0.5, 0.6) is 11.5 Å². The van der Waals surface area contributed by atoms with Crippen LogP contribution in [0.1, 0.15) is 12.0 Å². The van der Waals surface area contributed by atoms with Gasteiger partial charge in [0.2, 0.25) is 0 Å². The fraction of sp³-hybridized carbons (Fsp3) is 0.333. The zero-order valence-electron chi connectivity index (χ0n) is 9.18. The number of phenolic OH excluding ortho intramolecular Hbond substituents is 1. The Morgan fingerprint density at radius 2 is 2.12 bits per heavy atom. The van der Waals surface area contributed by atoms with Gasteiger partial charge < -0.3 is 20.1 Å². The Labute approximate surface area is 94.4 Å². The molecule has 16 heavy (non-hydrogen) atoms. The molecule has 88 valence electrons. The Morgan fingerprint density at radius 1 is 1.38 bits per heavy atom. The van der Waals surface area contributed by atoms with E-state index in [0.717, 1.165) is 11.1 Å². The summed E-state index contributed by atoms with van der Waals surface area (Å²) < 4.78 is 4.97. The lowest BCUT2D eigenvalue weighted by Crippen LogP contribution is -1.94. The van der Waals surface area contributed by atoms with Gasteiger partial charge in [-0.05, 0) is 29.7 Å². The van der Waals surface area contributed by atoms with Crippen LogP contribution in [0.3, 0.4) is 0 Å². The van der Waals surface area contributed by atoms with Crippen molar-refractivity contribution in [3.05, 3.63) is 29.3 Å². The minimum atomic E-state index is -0.0935. The lowest BCUT2D eigenvalue weighted by Gasteiger charge is -2.05. The van der Waals surface area contributed by atoms with Crippen LogP contribution in [-0.2, 0) is 0 Å². The zero-order chi connectivity index (χ0) is 12.0. The van der Waals surface area contributed by atoms with E-state index in [0.29, 0.717) is 12.2 Å². The number of aliphatic hydroxyl groups excluding tert-OH is 2. The lowest BCUT2D eigenvalue weighted by molar-refractivity contribution is 0.279. The summed E-state index contributed by atoms with van der Waals surface area (Å²) in [7, 11) is 1.48. The molecule has 4 heteroatoms. The molecular weight excluding hydrogens is 208 g/mol. The van der Waals surface area contributed by atoms with Gasteiger partial charge in [0, 0.05) is 6.61 Å². The molecule has 0 aliphatic heterocycles. The first kappa shape index (κ1) is 12.5. The summed E-state index contributed by atoms with van der Waals surface area (Å²) >= 11 is 0. The van der Waals surface area contributed by atoms with Gasteiger partial charge in [0.1, 0.15) is 0 Å². The van der Waals surface area contributed by atoms with E-state index in [-0.39, 0.29) is 19.0 Å². The lowest BCUT2D eigenvalue weighted by atomic mass is 10.1. The van der Waals surface area contributed by atoms with E-state index in [1.165, 1.54) is 13.2 Å². The van der Waals surface area contributed by atoms with Crippen LogP contribution < -0.4 is 4.74 Å². The molecule has 0 unspecified atom stereocenters. The fourth-order valence-electron chi connectivity index (χ4n) is 1.36. The van der Waals surface area contributed by atoms with Gasteiger partial charge in [-0.15, -0.1) is 0 Å². The van der Waals surface area contributed by atoms with E-state index < -0.39 is 0 Å². The maximum Gasteiger partial charge on any atom is 0.161 e. The third-order valence-corrected chi connectivity index (χ3v) is 2.21. The number of phenols is 1. The van der Waals surface area contributed by atoms with Crippen LogP contribution in [0.15, 0.2) is 23.8 Å². The molecule has 3 N–H and O–H groups in total. The molecule has 0 heterocycles. The van der Waals surface area contributed by atoms with E-state index in [1.54, 1.807) is 18.2 Å². The summed E-state index contributed by atoms with van der Waals surface area (Å²) in [4.78, 5) is 0. The molecule has 0 aliphatic rings. The van der Waals surface area contributed by atoms with Crippen LogP contribution in [0.25, 0.3) is 6.08 Å². The molecule has 0 amide bonds. The second-order valence-corrected chi connectivity index (χ2v) is 3.37. The average Bonchev–Trinajstić information content (AvgIpc) is 2.30. The summed E-state index contributed by atoms with van der Waals surface area (Å²) in [5.74, 6) is 0.461. The van der Waals surface area contributed by atoms with Crippen molar-refractivity contribution >= 4 is 6.08 Å². The highest BCUT2D eigenvalue weighted by atomic mass is 16.5. The predicted octanol–water partition coefficient (Wildman–Crippen LogP) is 1.16. The number of rotatable bonds is 5. The molecule has 0 fully saturated rings. The topological polar surface area (TPSA) is 69.9 Å². The molecule has 0 aromatic heterocycles. The van der Waals surface area contributed by atoms with Crippen LogP contribution in [0, 0.1) is 0 Å². The summed E-state index contributed by atoms with van der Waals surface area (Å²) in [5, 5.41) is 27.2. The molecule has 0 saturated heterocycles. The van der Waals surface area contributed by atoms with Gasteiger partial charge in [0.25, 0.3) is 0 Å². The van der Waals surface area contributed by atoms with Gasteiger partial charge >= 0.3 is 0 Å². The Hall–Kier alpha value is -1.52. The van der Waals surface area contributed by atoms with Crippen molar-refractivity contribution in [2.75, 3.05) is 20.3 Å². The van der Waals surface area contributed by atoms with Crippen molar-refractivity contribution in [3.8, 4) is 11.5 Å². The number of aromatic hydroxyl groups is 1. The molecule has 1 rings (SSSR count). The Balaban J connectivity index is 2.95. The van der Waals surface area contributed by atoms with Gasteiger partial charge in [0.15, 0.2) is 11.5 Å². The summed E-state index contributed by atoms with van der Waals surface area (Å²) in [6.45, 7) is -0.0919. The third kappa shape index (κ3) is 3.25. The first-order valence-electron chi connectivity index (χ1n) is 4.99. The van der Waals surface area contributed by atoms with Crippen molar-refractivity contribution < 1.29 is 20.1 Å². The number of hydrogen-bond acceptors (Lipinski definition) is 4. The Morgan fingerprint density at radius 3 is 2.69 bits per heavy atom. The minimum Gasteiger partial charge on any atom is -0.504 e. The van der Waals surface area contributed by atoms with Crippen LogP contribution in [-0.4, -0.2) is 35.6 Å². The zero-order valence-corrected chi connectivity index (χ0v) is 9.18. The van der Waals surface area contributed by atoms with E-state index in [2.05, 4.69) is 0 Å². The highest BCUT2D eigenvalue weighted by molar-refractivity contribution is 5.57. The monoisotopic (exact) mass is 224 g/mol. The van der Waals surface area contributed by atoms with Gasteiger partial charge in [-0.25, -0.2) is 0 Å². The van der Waals surface area contributed by atoms with Crippen LogP contribution in [0.4, 0.5) is 0 Å². The predicted molar refractivity (Wildman–Crippen MR) is 61.4 cm³/mol. The van der Waals surface area contributed by atoms with Gasteiger partial charge in [0.05, 0.1) is 13.7 Å². The van der Waals surface area contributed by atoms with Crippen molar-refractivity contribution in [2.45, 2.75) is 6.42 Å². The summed E-state index contributed by atoms with van der Waals surface area (Å²) in [6, 6.07) is 4.91. The SMILES string of the molecule is COc1cc(/C=C(/CO)CCO)ccc1O. The second-order valence-electron chi connectivity index (χ2n) is 3.37. The molecule has 0 radical (unpaired) electrons. The highest BCUT2D eigenvalue weighted by Gasteiger charge is 2.02. The van der Waals surface area contributed by atoms with E-state index in [4.69, 9.17) is 14.9 Å². The smallest absolute Gasteiger partial charge is 0.161 e. The molecule has 1 aromatic carbocycles. The number of benzene rings is 1. The largest absolute Gasteiger partial charge is 0.504 e. The first-order valence-corrected chi connectivity index (χ1v) is 4.99. The maximum atomic E-state index is 9.39. The number of methoxy groups -OCH3 is 1. The number of ether oxygens (including phenoxy) is 1. The fourth-order valence-corrected chi connectivity index (χ4v) is 1.36. The molecule has 0 bridgehead atoms. The van der Waals surface area contributed by atoms with E-state index in [9.17, 15) is 5.11 Å². The Kier molecular flexibility index (Phi) is 4.82. The highest BCUT2D eigenvalue weighted by Crippen LogP contribution is 2.27. The minimum absolute atomic E-state index is 0.00160. The second kappa shape index (κ2) is 6.15. The quantitative estimate of drug-likeness (QED) is 0.702. The van der Waals surface area contributed by atoms with Crippen molar-refractivity contribution in [3.63, 3.8) is 0 Å². The van der Waals surface area contributed by atoms with Gasteiger partial charge in [-0.3, -0.25) is 0 Å². The molecule has 0 atom stereocenters.